The SMILES string of the molecule is Cc1ccc(C(N)C2CC2)nc1. The van der Waals surface area contributed by atoms with E-state index in [1.807, 2.05) is 19.2 Å². The fraction of sp³-hybridized carbons (Fsp3) is 0.500. The van der Waals surface area contributed by atoms with Crippen LogP contribution in [0, 0.1) is 12.8 Å². The fourth-order valence-electron chi connectivity index (χ4n) is 1.37. The quantitative estimate of drug-likeness (QED) is 0.720. The molecule has 0 saturated heterocycles. The van der Waals surface area contributed by atoms with Gasteiger partial charge in [0.25, 0.3) is 0 Å². The van der Waals surface area contributed by atoms with Crippen LogP contribution in [-0.2, 0) is 0 Å². The van der Waals surface area contributed by atoms with Gasteiger partial charge in [0, 0.05) is 12.2 Å². The average Bonchev–Trinajstić information content (AvgIpc) is 2.87. The largest absolute Gasteiger partial charge is 0.322 e. The van der Waals surface area contributed by atoms with E-state index < -0.39 is 0 Å². The van der Waals surface area contributed by atoms with Crippen molar-refractivity contribution in [1.82, 2.24) is 4.98 Å². The summed E-state index contributed by atoms with van der Waals surface area (Å²) in [6, 6.07) is 4.29. The van der Waals surface area contributed by atoms with Crippen LogP contribution in [0.15, 0.2) is 18.3 Å². The van der Waals surface area contributed by atoms with Crippen molar-refractivity contribution in [2.75, 3.05) is 0 Å². The summed E-state index contributed by atoms with van der Waals surface area (Å²) in [5.74, 6) is 0.695. The molecule has 1 aromatic heterocycles. The second kappa shape index (κ2) is 2.87. The molecule has 2 rings (SSSR count). The highest BCUT2D eigenvalue weighted by molar-refractivity contribution is 5.16. The van der Waals surface area contributed by atoms with Crippen LogP contribution in [0.25, 0.3) is 0 Å². The first-order chi connectivity index (χ1) is 5.77. The summed E-state index contributed by atoms with van der Waals surface area (Å²) in [6.07, 6.45) is 4.44. The van der Waals surface area contributed by atoms with Crippen LogP contribution in [-0.4, -0.2) is 4.98 Å². The third-order valence-corrected chi connectivity index (χ3v) is 2.41. The molecule has 0 bridgehead atoms. The third-order valence-electron chi connectivity index (χ3n) is 2.41. The highest BCUT2D eigenvalue weighted by Gasteiger charge is 2.29. The molecule has 1 saturated carbocycles. The zero-order valence-electron chi connectivity index (χ0n) is 7.33. The maximum Gasteiger partial charge on any atom is 0.0574 e. The van der Waals surface area contributed by atoms with Crippen molar-refractivity contribution in [3.05, 3.63) is 29.6 Å². The standard InChI is InChI=1S/C10H14N2/c1-7-2-5-9(12-6-7)10(11)8-3-4-8/h2,5-6,8,10H,3-4,11H2,1H3. The summed E-state index contributed by atoms with van der Waals surface area (Å²) in [6.45, 7) is 2.04. The number of hydrogen-bond acceptors (Lipinski definition) is 2. The van der Waals surface area contributed by atoms with Crippen molar-refractivity contribution >= 4 is 0 Å². The van der Waals surface area contributed by atoms with Gasteiger partial charge in [-0.25, -0.2) is 0 Å². The van der Waals surface area contributed by atoms with Crippen molar-refractivity contribution < 1.29 is 0 Å². The predicted octanol–water partition coefficient (Wildman–Crippen LogP) is 1.80. The van der Waals surface area contributed by atoms with Gasteiger partial charge >= 0.3 is 0 Å². The Hall–Kier alpha value is -0.890. The average molecular weight is 162 g/mol. The molecule has 1 atom stereocenters. The molecule has 1 aliphatic rings. The lowest BCUT2D eigenvalue weighted by atomic mass is 10.1. The minimum absolute atomic E-state index is 0.172. The number of nitrogens with two attached hydrogens (primary N) is 1. The summed E-state index contributed by atoms with van der Waals surface area (Å²) in [5, 5.41) is 0. The van der Waals surface area contributed by atoms with Gasteiger partial charge < -0.3 is 5.73 Å². The molecule has 0 spiro atoms. The second-order valence-corrected chi connectivity index (χ2v) is 3.62. The van der Waals surface area contributed by atoms with Gasteiger partial charge in [-0.2, -0.15) is 0 Å². The lowest BCUT2D eigenvalue weighted by Gasteiger charge is -2.08. The van der Waals surface area contributed by atoms with E-state index in [0.29, 0.717) is 5.92 Å². The molecule has 0 aromatic carbocycles. The lowest BCUT2D eigenvalue weighted by Crippen LogP contribution is -2.13. The first kappa shape index (κ1) is 7.74. The number of hydrogen-bond donors (Lipinski definition) is 1. The molecular formula is C10H14N2. The fourth-order valence-corrected chi connectivity index (χ4v) is 1.37. The monoisotopic (exact) mass is 162 g/mol. The minimum atomic E-state index is 0.172. The van der Waals surface area contributed by atoms with Gasteiger partial charge in [-0.3, -0.25) is 4.98 Å². The smallest absolute Gasteiger partial charge is 0.0574 e. The molecule has 1 aromatic rings. The molecule has 1 fully saturated rings. The molecule has 2 nitrogen and oxygen atoms in total. The molecule has 2 N–H and O–H groups in total. The highest BCUT2D eigenvalue weighted by atomic mass is 14.8. The Morgan fingerprint density at radius 1 is 1.50 bits per heavy atom. The molecule has 0 amide bonds. The Kier molecular flexibility index (Phi) is 1.85. The third kappa shape index (κ3) is 1.48. The Morgan fingerprint density at radius 3 is 2.75 bits per heavy atom. The maximum absolute atomic E-state index is 5.99. The van der Waals surface area contributed by atoms with E-state index >= 15 is 0 Å². The van der Waals surface area contributed by atoms with Gasteiger partial charge in [-0.1, -0.05) is 6.07 Å². The van der Waals surface area contributed by atoms with Gasteiger partial charge in [0.15, 0.2) is 0 Å². The van der Waals surface area contributed by atoms with Crippen LogP contribution in [0.2, 0.25) is 0 Å². The summed E-state index contributed by atoms with van der Waals surface area (Å²) < 4.78 is 0. The van der Waals surface area contributed by atoms with E-state index in [4.69, 9.17) is 5.73 Å². The van der Waals surface area contributed by atoms with E-state index in [0.717, 1.165) is 5.69 Å². The van der Waals surface area contributed by atoms with Crippen LogP contribution in [0.1, 0.15) is 30.1 Å². The number of rotatable bonds is 2. The highest BCUT2D eigenvalue weighted by Crippen LogP contribution is 2.38. The molecule has 0 aliphatic heterocycles. The number of pyridine rings is 1. The van der Waals surface area contributed by atoms with Crippen molar-refractivity contribution in [3.63, 3.8) is 0 Å². The van der Waals surface area contributed by atoms with Crippen LogP contribution in [0.5, 0.6) is 0 Å². The zero-order valence-corrected chi connectivity index (χ0v) is 7.33. The van der Waals surface area contributed by atoms with E-state index in [2.05, 4.69) is 11.1 Å². The van der Waals surface area contributed by atoms with Crippen molar-refractivity contribution in [3.8, 4) is 0 Å². The number of aromatic nitrogens is 1. The maximum atomic E-state index is 5.99. The van der Waals surface area contributed by atoms with Crippen LogP contribution in [0.3, 0.4) is 0 Å². The molecule has 12 heavy (non-hydrogen) atoms. The summed E-state index contributed by atoms with van der Waals surface area (Å²) in [5.41, 5.74) is 8.23. The first-order valence-electron chi connectivity index (χ1n) is 4.45. The number of aryl methyl sites for hydroxylation is 1. The first-order valence-corrected chi connectivity index (χ1v) is 4.45. The summed E-state index contributed by atoms with van der Waals surface area (Å²) in [7, 11) is 0. The van der Waals surface area contributed by atoms with E-state index in [-0.39, 0.29) is 6.04 Å². The van der Waals surface area contributed by atoms with Crippen molar-refractivity contribution in [1.29, 1.82) is 0 Å². The van der Waals surface area contributed by atoms with Gasteiger partial charge in [-0.15, -0.1) is 0 Å². The normalized spacial score (nSPS) is 19.2. The molecule has 1 aliphatic carbocycles. The topological polar surface area (TPSA) is 38.9 Å². The van der Waals surface area contributed by atoms with Crippen LogP contribution < -0.4 is 5.73 Å². The zero-order chi connectivity index (χ0) is 8.55. The molecule has 64 valence electrons. The molecular weight excluding hydrogens is 148 g/mol. The molecule has 1 unspecified atom stereocenters. The van der Waals surface area contributed by atoms with E-state index in [9.17, 15) is 0 Å². The summed E-state index contributed by atoms with van der Waals surface area (Å²) in [4.78, 5) is 4.31. The lowest BCUT2D eigenvalue weighted by molar-refractivity contribution is 0.614. The second-order valence-electron chi connectivity index (χ2n) is 3.62. The predicted molar refractivity (Wildman–Crippen MR) is 48.6 cm³/mol. The van der Waals surface area contributed by atoms with Crippen molar-refractivity contribution in [2.45, 2.75) is 25.8 Å². The van der Waals surface area contributed by atoms with Gasteiger partial charge in [0.05, 0.1) is 5.69 Å². The van der Waals surface area contributed by atoms with Crippen LogP contribution >= 0.6 is 0 Å². The number of nitrogens with zero attached hydrogens (tertiary/aromatic N) is 1. The van der Waals surface area contributed by atoms with Gasteiger partial charge in [0.1, 0.15) is 0 Å². The van der Waals surface area contributed by atoms with Gasteiger partial charge in [-0.05, 0) is 37.3 Å². The van der Waals surface area contributed by atoms with Crippen molar-refractivity contribution in [2.24, 2.45) is 11.7 Å². The van der Waals surface area contributed by atoms with E-state index in [1.54, 1.807) is 0 Å². The Bertz CT molecular complexity index is 262. The Labute approximate surface area is 72.8 Å². The van der Waals surface area contributed by atoms with Crippen LogP contribution in [0.4, 0.5) is 0 Å². The molecule has 0 radical (unpaired) electrons. The molecule has 1 heterocycles. The summed E-state index contributed by atoms with van der Waals surface area (Å²) >= 11 is 0. The Morgan fingerprint density at radius 2 is 2.25 bits per heavy atom. The molecule has 2 heteroatoms. The van der Waals surface area contributed by atoms with E-state index in [1.165, 1.54) is 18.4 Å². The van der Waals surface area contributed by atoms with Gasteiger partial charge in [0.2, 0.25) is 0 Å². The minimum Gasteiger partial charge on any atom is -0.322 e. The Balaban J connectivity index is 2.16.